The van der Waals surface area contributed by atoms with Crippen LogP contribution in [0.25, 0.3) is 0 Å². The number of nitrogens with one attached hydrogen (secondary N) is 1. The van der Waals surface area contributed by atoms with E-state index in [-0.39, 0.29) is 19.0 Å². The molecule has 0 spiro atoms. The fourth-order valence-corrected chi connectivity index (χ4v) is 2.48. The van der Waals surface area contributed by atoms with Crippen molar-refractivity contribution < 1.29 is 14.7 Å². The molecule has 7 nitrogen and oxygen atoms in total. The van der Waals surface area contributed by atoms with Gasteiger partial charge in [0.15, 0.2) is 0 Å². The van der Waals surface area contributed by atoms with Crippen LogP contribution in [0.15, 0.2) is 12.7 Å². The topological polar surface area (TPSA) is 97.1 Å². The van der Waals surface area contributed by atoms with E-state index in [9.17, 15) is 14.7 Å². The van der Waals surface area contributed by atoms with Gasteiger partial charge in [0.2, 0.25) is 5.91 Å². The molecule has 1 aromatic rings. The molecule has 2 N–H and O–H groups in total. The summed E-state index contributed by atoms with van der Waals surface area (Å²) in [6.45, 7) is 0.256. The molecular formula is C12H18N4O3. The zero-order valence-corrected chi connectivity index (χ0v) is 10.7. The number of carboxylic acids is 1. The minimum absolute atomic E-state index is 0.0652. The van der Waals surface area contributed by atoms with Gasteiger partial charge in [-0.3, -0.25) is 9.59 Å². The monoisotopic (exact) mass is 266 g/mol. The minimum atomic E-state index is -0.812. The molecule has 0 bridgehead atoms. The molecule has 0 aromatic carbocycles. The lowest BCUT2D eigenvalue weighted by molar-refractivity contribution is -0.151. The zero-order chi connectivity index (χ0) is 13.7. The van der Waals surface area contributed by atoms with Crippen molar-refractivity contribution in [3.63, 3.8) is 0 Å². The van der Waals surface area contributed by atoms with Gasteiger partial charge in [0, 0.05) is 6.54 Å². The molecule has 1 aliphatic carbocycles. The van der Waals surface area contributed by atoms with E-state index in [0.29, 0.717) is 12.8 Å². The molecule has 0 unspecified atom stereocenters. The molecule has 0 atom stereocenters. The molecule has 1 aromatic heterocycles. The predicted octanol–water partition coefficient (Wildman–Crippen LogP) is 0.429. The van der Waals surface area contributed by atoms with E-state index in [0.717, 1.165) is 19.3 Å². The molecule has 1 fully saturated rings. The molecule has 0 radical (unpaired) electrons. The standard InChI is InChI=1S/C12H18N4O3/c17-10(6-16-9-13-8-15-16)14-7-12(11(18)19)4-2-1-3-5-12/h8-9H,1-7H2,(H,14,17)(H,18,19). The first-order valence-electron chi connectivity index (χ1n) is 6.45. The second-order valence-electron chi connectivity index (χ2n) is 5.02. The van der Waals surface area contributed by atoms with Crippen LogP contribution in [0.4, 0.5) is 0 Å². The van der Waals surface area contributed by atoms with Gasteiger partial charge >= 0.3 is 5.97 Å². The van der Waals surface area contributed by atoms with Gasteiger partial charge in [-0.15, -0.1) is 0 Å². The Bertz CT molecular complexity index is 438. The Labute approximate surface area is 111 Å². The lowest BCUT2D eigenvalue weighted by atomic mass is 9.74. The zero-order valence-electron chi connectivity index (χ0n) is 10.7. The van der Waals surface area contributed by atoms with Crippen LogP contribution in [0.2, 0.25) is 0 Å². The fourth-order valence-electron chi connectivity index (χ4n) is 2.48. The summed E-state index contributed by atoms with van der Waals surface area (Å²) in [7, 11) is 0. The average molecular weight is 266 g/mol. The van der Waals surface area contributed by atoms with E-state index < -0.39 is 11.4 Å². The molecule has 0 aliphatic heterocycles. The van der Waals surface area contributed by atoms with Crippen LogP contribution in [0.3, 0.4) is 0 Å². The van der Waals surface area contributed by atoms with E-state index >= 15 is 0 Å². The molecule has 0 saturated heterocycles. The van der Waals surface area contributed by atoms with Gasteiger partial charge in [0.05, 0.1) is 5.41 Å². The maximum Gasteiger partial charge on any atom is 0.311 e. The van der Waals surface area contributed by atoms with E-state index in [4.69, 9.17) is 0 Å². The number of rotatable bonds is 5. The normalized spacial score (nSPS) is 17.9. The van der Waals surface area contributed by atoms with Crippen molar-refractivity contribution in [2.24, 2.45) is 5.41 Å². The summed E-state index contributed by atoms with van der Waals surface area (Å²) in [5.74, 6) is -1.05. The highest BCUT2D eigenvalue weighted by atomic mass is 16.4. The highest BCUT2D eigenvalue weighted by Gasteiger charge is 2.39. The molecule has 104 valence electrons. The molecule has 1 heterocycles. The Hall–Kier alpha value is -1.92. The van der Waals surface area contributed by atoms with Crippen LogP contribution < -0.4 is 5.32 Å². The van der Waals surface area contributed by atoms with E-state index in [2.05, 4.69) is 15.4 Å². The average Bonchev–Trinajstić information content (AvgIpc) is 2.90. The van der Waals surface area contributed by atoms with Crippen molar-refractivity contribution in [1.29, 1.82) is 0 Å². The van der Waals surface area contributed by atoms with Gasteiger partial charge in [-0.1, -0.05) is 19.3 Å². The Kier molecular flexibility index (Phi) is 4.13. The summed E-state index contributed by atoms with van der Waals surface area (Å²) in [5, 5.41) is 15.9. The fraction of sp³-hybridized carbons (Fsp3) is 0.667. The maximum absolute atomic E-state index is 11.7. The highest BCUT2D eigenvalue weighted by Crippen LogP contribution is 2.35. The predicted molar refractivity (Wildman–Crippen MR) is 66.2 cm³/mol. The third-order valence-corrected chi connectivity index (χ3v) is 3.66. The first-order valence-corrected chi connectivity index (χ1v) is 6.45. The van der Waals surface area contributed by atoms with Crippen molar-refractivity contribution in [3.8, 4) is 0 Å². The molecule has 19 heavy (non-hydrogen) atoms. The summed E-state index contributed by atoms with van der Waals surface area (Å²) in [6, 6.07) is 0. The van der Waals surface area contributed by atoms with Gasteiger partial charge in [-0.25, -0.2) is 9.67 Å². The Balaban J connectivity index is 1.88. The van der Waals surface area contributed by atoms with Gasteiger partial charge in [0.25, 0.3) is 0 Å². The van der Waals surface area contributed by atoms with Crippen LogP contribution in [0.1, 0.15) is 32.1 Å². The van der Waals surface area contributed by atoms with Gasteiger partial charge in [-0.2, -0.15) is 5.10 Å². The van der Waals surface area contributed by atoms with E-state index in [1.54, 1.807) is 0 Å². The quantitative estimate of drug-likeness (QED) is 0.805. The van der Waals surface area contributed by atoms with Crippen LogP contribution in [0.5, 0.6) is 0 Å². The molecule has 1 amide bonds. The number of carbonyl (C=O) groups is 2. The number of carbonyl (C=O) groups excluding carboxylic acids is 1. The highest BCUT2D eigenvalue weighted by molar-refractivity contribution is 5.79. The number of nitrogens with zero attached hydrogens (tertiary/aromatic N) is 3. The lowest BCUT2D eigenvalue weighted by Gasteiger charge is -2.33. The largest absolute Gasteiger partial charge is 0.481 e. The van der Waals surface area contributed by atoms with Crippen molar-refractivity contribution in [1.82, 2.24) is 20.1 Å². The summed E-state index contributed by atoms with van der Waals surface area (Å²) in [5.41, 5.74) is -0.795. The second-order valence-corrected chi connectivity index (χ2v) is 5.02. The summed E-state index contributed by atoms with van der Waals surface area (Å²) < 4.78 is 1.41. The summed E-state index contributed by atoms with van der Waals surface area (Å²) >= 11 is 0. The van der Waals surface area contributed by atoms with Gasteiger partial charge in [-0.05, 0) is 12.8 Å². The van der Waals surface area contributed by atoms with Crippen molar-refractivity contribution in [2.75, 3.05) is 6.54 Å². The number of hydrogen-bond acceptors (Lipinski definition) is 4. The number of carboxylic acid groups (broad SMARTS) is 1. The van der Waals surface area contributed by atoms with Crippen molar-refractivity contribution in [3.05, 3.63) is 12.7 Å². The number of aliphatic carboxylic acids is 1. The van der Waals surface area contributed by atoms with Gasteiger partial charge < -0.3 is 10.4 Å². The van der Waals surface area contributed by atoms with E-state index in [1.807, 2.05) is 0 Å². The molecule has 2 rings (SSSR count). The van der Waals surface area contributed by atoms with Crippen molar-refractivity contribution in [2.45, 2.75) is 38.6 Å². The van der Waals surface area contributed by atoms with E-state index in [1.165, 1.54) is 17.3 Å². The SMILES string of the molecule is O=C(Cn1cncn1)NCC1(C(=O)O)CCCCC1. The smallest absolute Gasteiger partial charge is 0.311 e. The minimum Gasteiger partial charge on any atom is -0.481 e. The van der Waals surface area contributed by atoms with Crippen LogP contribution in [-0.4, -0.2) is 38.3 Å². The lowest BCUT2D eigenvalue weighted by Crippen LogP contribution is -2.45. The molecular weight excluding hydrogens is 248 g/mol. The first-order chi connectivity index (χ1) is 9.12. The number of amides is 1. The molecule has 7 heteroatoms. The van der Waals surface area contributed by atoms with Crippen LogP contribution >= 0.6 is 0 Å². The Morgan fingerprint density at radius 2 is 2.05 bits per heavy atom. The summed E-state index contributed by atoms with van der Waals surface area (Å²) in [4.78, 5) is 26.9. The second kappa shape index (κ2) is 5.81. The number of aromatic nitrogens is 3. The maximum atomic E-state index is 11.7. The Morgan fingerprint density at radius 1 is 1.32 bits per heavy atom. The van der Waals surface area contributed by atoms with Crippen LogP contribution in [0, 0.1) is 5.41 Å². The van der Waals surface area contributed by atoms with Crippen LogP contribution in [-0.2, 0) is 16.1 Å². The number of hydrogen-bond donors (Lipinski definition) is 2. The third kappa shape index (κ3) is 3.30. The Morgan fingerprint density at radius 3 is 2.63 bits per heavy atom. The van der Waals surface area contributed by atoms with Crippen molar-refractivity contribution >= 4 is 11.9 Å². The molecule has 1 saturated carbocycles. The first kappa shape index (κ1) is 13.5. The third-order valence-electron chi connectivity index (χ3n) is 3.66. The van der Waals surface area contributed by atoms with Gasteiger partial charge in [0.1, 0.15) is 19.2 Å². The molecule has 1 aliphatic rings. The summed E-state index contributed by atoms with van der Waals surface area (Å²) in [6.07, 6.45) is 6.95.